The fourth-order valence-electron chi connectivity index (χ4n) is 0.612. The average Bonchev–Trinajstić information content (AvgIpc) is 1.86. The monoisotopic (exact) mass is 175 g/mol. The van der Waals surface area contributed by atoms with Crippen LogP contribution in [0.25, 0.3) is 0 Å². The van der Waals surface area contributed by atoms with Crippen molar-refractivity contribution in [1.82, 2.24) is 0 Å². The van der Waals surface area contributed by atoms with E-state index in [1.54, 1.807) is 0 Å². The standard InChI is InChI=1S/C5H5NO4S/c7-6-4-2-1-3-5(6)11(8,9)10/h1-4H,(H,8,9,10). The second kappa shape index (κ2) is 2.48. The van der Waals surface area contributed by atoms with Crippen LogP contribution < -0.4 is 4.73 Å². The molecule has 0 aliphatic heterocycles. The first kappa shape index (κ1) is 7.96. The minimum absolute atomic E-state index is 0.0787. The molecule has 1 aromatic heterocycles. The first-order chi connectivity index (χ1) is 5.02. The summed E-state index contributed by atoms with van der Waals surface area (Å²) in [5.74, 6) is 0. The van der Waals surface area contributed by atoms with E-state index in [0.717, 1.165) is 12.3 Å². The van der Waals surface area contributed by atoms with Crippen molar-refractivity contribution >= 4 is 10.1 Å². The molecule has 0 unspecified atom stereocenters. The van der Waals surface area contributed by atoms with Crippen molar-refractivity contribution in [1.29, 1.82) is 0 Å². The van der Waals surface area contributed by atoms with Crippen LogP contribution >= 0.6 is 0 Å². The summed E-state index contributed by atoms with van der Waals surface area (Å²) >= 11 is 0. The number of aromatic nitrogens is 1. The van der Waals surface area contributed by atoms with Crippen molar-refractivity contribution in [2.45, 2.75) is 5.03 Å². The normalized spacial score (nSPS) is 11.4. The van der Waals surface area contributed by atoms with Crippen molar-refractivity contribution in [3.05, 3.63) is 29.6 Å². The van der Waals surface area contributed by atoms with E-state index in [9.17, 15) is 13.6 Å². The summed E-state index contributed by atoms with van der Waals surface area (Å²) in [6, 6.07) is 3.72. The topological polar surface area (TPSA) is 81.3 Å². The van der Waals surface area contributed by atoms with Gasteiger partial charge in [-0.15, -0.1) is 0 Å². The minimum Gasteiger partial charge on any atom is -0.618 e. The van der Waals surface area contributed by atoms with Gasteiger partial charge in [-0.05, 0) is 6.07 Å². The largest absolute Gasteiger partial charge is 0.618 e. The predicted octanol–water partition coefficient (Wildman–Crippen LogP) is -0.433. The molecule has 1 heterocycles. The van der Waals surface area contributed by atoms with Gasteiger partial charge in [0.05, 0.1) is 0 Å². The van der Waals surface area contributed by atoms with Gasteiger partial charge < -0.3 is 5.21 Å². The van der Waals surface area contributed by atoms with Crippen LogP contribution in [0.3, 0.4) is 0 Å². The fraction of sp³-hybridized carbons (Fsp3) is 0. The molecule has 1 aromatic rings. The van der Waals surface area contributed by atoms with Gasteiger partial charge in [0.15, 0.2) is 6.20 Å². The third-order valence-electron chi connectivity index (χ3n) is 1.05. The Morgan fingerprint density at radius 2 is 2.09 bits per heavy atom. The maximum Gasteiger partial charge on any atom is 0.356 e. The Morgan fingerprint density at radius 1 is 1.45 bits per heavy atom. The van der Waals surface area contributed by atoms with Crippen LogP contribution in [0.5, 0.6) is 0 Å². The molecule has 1 rings (SSSR count). The van der Waals surface area contributed by atoms with E-state index in [0.29, 0.717) is 0 Å². The van der Waals surface area contributed by atoms with E-state index in [1.165, 1.54) is 12.1 Å². The zero-order valence-corrected chi connectivity index (χ0v) is 6.15. The number of nitrogens with zero attached hydrogens (tertiary/aromatic N) is 1. The molecule has 0 fully saturated rings. The van der Waals surface area contributed by atoms with Crippen molar-refractivity contribution in [3.8, 4) is 0 Å². The van der Waals surface area contributed by atoms with Gasteiger partial charge >= 0.3 is 15.1 Å². The van der Waals surface area contributed by atoms with E-state index in [1.807, 2.05) is 0 Å². The summed E-state index contributed by atoms with van der Waals surface area (Å²) in [6.45, 7) is 0. The fourth-order valence-corrected chi connectivity index (χ4v) is 1.15. The minimum atomic E-state index is -4.38. The zero-order valence-electron chi connectivity index (χ0n) is 5.34. The lowest BCUT2D eigenvalue weighted by molar-refractivity contribution is -0.647. The lowest BCUT2D eigenvalue weighted by Gasteiger charge is -1.98. The molecule has 1 N–H and O–H groups in total. The molecule has 0 bridgehead atoms. The summed E-state index contributed by atoms with van der Waals surface area (Å²) in [7, 11) is -4.38. The summed E-state index contributed by atoms with van der Waals surface area (Å²) in [5.41, 5.74) is 0. The first-order valence-electron chi connectivity index (χ1n) is 2.67. The second-order valence-corrected chi connectivity index (χ2v) is 3.21. The van der Waals surface area contributed by atoms with Crippen LogP contribution in [0.15, 0.2) is 29.4 Å². The molecule has 60 valence electrons. The van der Waals surface area contributed by atoms with Gasteiger partial charge in [-0.25, -0.2) is 0 Å². The second-order valence-electron chi connectivity index (χ2n) is 1.84. The highest BCUT2D eigenvalue weighted by Crippen LogP contribution is 1.98. The number of hydrogen-bond donors (Lipinski definition) is 1. The molecule has 0 aliphatic rings. The predicted molar refractivity (Wildman–Crippen MR) is 35.2 cm³/mol. The molecule has 11 heavy (non-hydrogen) atoms. The lowest BCUT2D eigenvalue weighted by atomic mass is 10.5. The molecular weight excluding hydrogens is 170 g/mol. The van der Waals surface area contributed by atoms with Crippen molar-refractivity contribution < 1.29 is 17.7 Å². The maximum atomic E-state index is 10.6. The van der Waals surface area contributed by atoms with Gasteiger partial charge in [0.2, 0.25) is 0 Å². The quantitative estimate of drug-likeness (QED) is 0.356. The van der Waals surface area contributed by atoms with Gasteiger partial charge in [-0.3, -0.25) is 4.55 Å². The molecule has 0 aliphatic carbocycles. The first-order valence-corrected chi connectivity index (χ1v) is 4.11. The van der Waals surface area contributed by atoms with Crippen LogP contribution in [-0.2, 0) is 10.1 Å². The summed E-state index contributed by atoms with van der Waals surface area (Å²) < 4.78 is 29.3. The average molecular weight is 175 g/mol. The molecule has 0 amide bonds. The molecule has 5 nitrogen and oxygen atoms in total. The van der Waals surface area contributed by atoms with Crippen molar-refractivity contribution in [2.75, 3.05) is 0 Å². The SMILES string of the molecule is O=S(=O)(O)c1cccc[n+]1[O-]. The van der Waals surface area contributed by atoms with Crippen LogP contribution in [0, 0.1) is 5.21 Å². The zero-order chi connectivity index (χ0) is 8.48. The highest BCUT2D eigenvalue weighted by Gasteiger charge is 2.18. The highest BCUT2D eigenvalue weighted by atomic mass is 32.2. The third-order valence-corrected chi connectivity index (χ3v) is 1.90. The summed E-state index contributed by atoms with van der Waals surface area (Å²) in [4.78, 5) is 0. The Labute approximate surface area is 63.2 Å². The van der Waals surface area contributed by atoms with E-state index >= 15 is 0 Å². The Balaban J connectivity index is 3.37. The van der Waals surface area contributed by atoms with Gasteiger partial charge in [0.1, 0.15) is 0 Å². The molecule has 0 atom stereocenters. The molecule has 0 spiro atoms. The third kappa shape index (κ3) is 1.66. The van der Waals surface area contributed by atoms with Gasteiger partial charge in [0, 0.05) is 12.1 Å². The van der Waals surface area contributed by atoms with Gasteiger partial charge in [-0.2, -0.15) is 13.1 Å². The lowest BCUT2D eigenvalue weighted by Crippen LogP contribution is -2.32. The van der Waals surface area contributed by atoms with Gasteiger partial charge in [0.25, 0.3) is 0 Å². The van der Waals surface area contributed by atoms with Crippen molar-refractivity contribution in [3.63, 3.8) is 0 Å². The van der Waals surface area contributed by atoms with Gasteiger partial charge in [-0.1, -0.05) is 0 Å². The molecule has 0 radical (unpaired) electrons. The number of pyridine rings is 1. The number of hydrogen-bond acceptors (Lipinski definition) is 3. The Hall–Kier alpha value is -1.14. The van der Waals surface area contributed by atoms with E-state index in [4.69, 9.17) is 4.55 Å². The Morgan fingerprint density at radius 3 is 2.45 bits per heavy atom. The molecule has 0 saturated carbocycles. The van der Waals surface area contributed by atoms with E-state index in [-0.39, 0.29) is 4.73 Å². The van der Waals surface area contributed by atoms with Crippen LogP contribution in [0.1, 0.15) is 0 Å². The molecule has 0 aromatic carbocycles. The van der Waals surface area contributed by atoms with E-state index in [2.05, 4.69) is 0 Å². The maximum absolute atomic E-state index is 10.6. The summed E-state index contributed by atoms with van der Waals surface area (Å²) in [5, 5.41) is 9.98. The molecule has 6 heteroatoms. The number of rotatable bonds is 1. The molecular formula is C5H5NO4S. The molecule has 0 saturated heterocycles. The van der Waals surface area contributed by atoms with Crippen LogP contribution in [0.4, 0.5) is 0 Å². The Bertz CT molecular complexity index is 359. The van der Waals surface area contributed by atoms with E-state index < -0.39 is 15.1 Å². The smallest absolute Gasteiger partial charge is 0.356 e. The van der Waals surface area contributed by atoms with Crippen LogP contribution in [0.2, 0.25) is 0 Å². The highest BCUT2D eigenvalue weighted by molar-refractivity contribution is 7.85. The summed E-state index contributed by atoms with van der Waals surface area (Å²) in [6.07, 6.45) is 0.989. The Kier molecular flexibility index (Phi) is 1.79. The van der Waals surface area contributed by atoms with Crippen LogP contribution in [-0.4, -0.2) is 13.0 Å². The van der Waals surface area contributed by atoms with Crippen molar-refractivity contribution in [2.24, 2.45) is 0 Å².